The maximum atomic E-state index is 12.8. The van der Waals surface area contributed by atoms with Gasteiger partial charge in [-0.05, 0) is 32.4 Å². The van der Waals surface area contributed by atoms with Crippen LogP contribution < -0.4 is 10.5 Å². The van der Waals surface area contributed by atoms with Gasteiger partial charge in [0.05, 0.1) is 17.6 Å². The Hall–Kier alpha value is -3.47. The quantitative estimate of drug-likeness (QED) is 0.510. The number of nitrogens with zero attached hydrogens (tertiary/aromatic N) is 7. The Morgan fingerprint density at radius 3 is 2.71 bits per heavy atom. The lowest BCUT2D eigenvalue weighted by Gasteiger charge is -2.38. The zero-order valence-electron chi connectivity index (χ0n) is 17.3. The van der Waals surface area contributed by atoms with Gasteiger partial charge in [-0.2, -0.15) is 5.10 Å². The van der Waals surface area contributed by atoms with E-state index in [1.807, 2.05) is 33.0 Å². The maximum Gasteiger partial charge on any atom is 0.407 e. The van der Waals surface area contributed by atoms with Crippen molar-refractivity contribution >= 4 is 33.0 Å². The summed E-state index contributed by atoms with van der Waals surface area (Å²) in [7, 11) is 0. The fourth-order valence-corrected chi connectivity index (χ4v) is 5.01. The summed E-state index contributed by atoms with van der Waals surface area (Å²) in [4.78, 5) is 37.4. The van der Waals surface area contributed by atoms with Crippen LogP contribution in [0.1, 0.15) is 18.2 Å². The van der Waals surface area contributed by atoms with Crippen LogP contribution in [0, 0.1) is 13.8 Å². The van der Waals surface area contributed by atoms with Gasteiger partial charge in [-0.1, -0.05) is 11.3 Å². The van der Waals surface area contributed by atoms with Crippen molar-refractivity contribution in [3.8, 4) is 11.4 Å². The van der Waals surface area contributed by atoms with Gasteiger partial charge in [-0.25, -0.2) is 19.3 Å². The van der Waals surface area contributed by atoms with E-state index in [-0.39, 0.29) is 11.6 Å². The number of aryl methyl sites for hydroxylation is 2. The van der Waals surface area contributed by atoms with Crippen LogP contribution >= 0.6 is 11.3 Å². The zero-order valence-corrected chi connectivity index (χ0v) is 18.1. The Balaban J connectivity index is 1.52. The number of carbonyl (C=O) groups is 1. The van der Waals surface area contributed by atoms with Gasteiger partial charge in [-0.3, -0.25) is 9.20 Å². The highest BCUT2D eigenvalue weighted by Crippen LogP contribution is 2.28. The molecule has 160 valence electrons. The zero-order chi connectivity index (χ0) is 21.9. The summed E-state index contributed by atoms with van der Waals surface area (Å²) >= 11 is 1.42. The Kier molecular flexibility index (Phi) is 4.43. The first-order chi connectivity index (χ1) is 14.8. The molecule has 0 aliphatic carbocycles. The van der Waals surface area contributed by atoms with Gasteiger partial charge in [0, 0.05) is 37.9 Å². The first-order valence-corrected chi connectivity index (χ1v) is 10.7. The number of piperazine rings is 1. The van der Waals surface area contributed by atoms with Crippen LogP contribution in [-0.2, 0) is 0 Å². The first kappa shape index (κ1) is 19.5. The smallest absolute Gasteiger partial charge is 0.407 e. The maximum absolute atomic E-state index is 12.8. The summed E-state index contributed by atoms with van der Waals surface area (Å²) < 4.78 is 3.25. The highest BCUT2D eigenvalue weighted by atomic mass is 32.1. The Morgan fingerprint density at radius 2 is 1.97 bits per heavy atom. The van der Waals surface area contributed by atoms with E-state index >= 15 is 0 Å². The predicted octanol–water partition coefficient (Wildman–Crippen LogP) is 2.27. The average molecular weight is 440 g/mol. The van der Waals surface area contributed by atoms with Crippen molar-refractivity contribution in [3.63, 3.8) is 0 Å². The molecule has 0 spiro atoms. The molecule has 1 amide bonds. The second kappa shape index (κ2) is 7.05. The second-order valence-corrected chi connectivity index (χ2v) is 8.82. The molecule has 1 atom stereocenters. The molecule has 4 aromatic rings. The number of amides is 1. The topological polar surface area (TPSA) is 108 Å². The van der Waals surface area contributed by atoms with E-state index in [0.717, 1.165) is 21.9 Å². The molecule has 1 aliphatic rings. The van der Waals surface area contributed by atoms with E-state index < -0.39 is 6.09 Å². The van der Waals surface area contributed by atoms with Crippen LogP contribution in [0.4, 0.5) is 9.80 Å². The molecule has 1 aliphatic heterocycles. The molecule has 1 fully saturated rings. The van der Waals surface area contributed by atoms with Gasteiger partial charge in [0.1, 0.15) is 10.7 Å². The fourth-order valence-electron chi connectivity index (χ4n) is 3.98. The Bertz CT molecular complexity index is 1390. The molecule has 4 aromatic heterocycles. The van der Waals surface area contributed by atoms with Crippen LogP contribution in [0.25, 0.3) is 22.0 Å². The molecule has 5 rings (SSSR count). The third-order valence-electron chi connectivity index (χ3n) is 5.53. The van der Waals surface area contributed by atoms with Gasteiger partial charge >= 0.3 is 6.09 Å². The molecular weight excluding hydrogens is 418 g/mol. The number of hydrogen-bond donors (Lipinski definition) is 1. The minimum absolute atomic E-state index is 0.130. The largest absolute Gasteiger partial charge is 0.465 e. The number of hydrogen-bond acceptors (Lipinski definition) is 7. The lowest BCUT2D eigenvalue weighted by molar-refractivity contribution is 0.123. The summed E-state index contributed by atoms with van der Waals surface area (Å²) in [6.45, 7) is 7.32. The number of fused-ring (bicyclic) bond motifs is 2. The van der Waals surface area contributed by atoms with E-state index in [1.165, 1.54) is 26.7 Å². The van der Waals surface area contributed by atoms with E-state index in [2.05, 4.69) is 15.0 Å². The van der Waals surface area contributed by atoms with E-state index in [4.69, 9.17) is 4.98 Å². The van der Waals surface area contributed by atoms with E-state index in [1.54, 1.807) is 10.7 Å². The number of imidazole rings is 1. The normalized spacial score (nSPS) is 17.1. The van der Waals surface area contributed by atoms with Crippen molar-refractivity contribution in [1.29, 1.82) is 0 Å². The summed E-state index contributed by atoms with van der Waals surface area (Å²) in [5, 5.41) is 14.8. The van der Waals surface area contributed by atoms with Gasteiger partial charge in [0.2, 0.25) is 0 Å². The Morgan fingerprint density at radius 1 is 1.16 bits per heavy atom. The van der Waals surface area contributed by atoms with Crippen LogP contribution in [0.15, 0.2) is 29.3 Å². The molecule has 1 N–H and O–H groups in total. The molecule has 0 radical (unpaired) electrons. The molecule has 11 heteroatoms. The first-order valence-electron chi connectivity index (χ1n) is 9.92. The van der Waals surface area contributed by atoms with Crippen LogP contribution in [0.2, 0.25) is 0 Å². The SMILES string of the molecule is Cc1cn2nc(-c3cc(=O)n4cc(N5CCN(C(=O)O)[C@@H](C)C5)sc4n3)cc(C)c2n1. The van der Waals surface area contributed by atoms with Gasteiger partial charge in [-0.15, -0.1) is 0 Å². The molecule has 0 aromatic carbocycles. The average Bonchev–Trinajstić information content (AvgIpc) is 3.31. The number of anilines is 1. The third kappa shape index (κ3) is 3.30. The van der Waals surface area contributed by atoms with Crippen molar-refractivity contribution in [3.05, 3.63) is 46.1 Å². The fraction of sp³-hybridized carbons (Fsp3) is 0.350. The lowest BCUT2D eigenvalue weighted by Crippen LogP contribution is -2.53. The van der Waals surface area contributed by atoms with Crippen LogP contribution in [-0.4, -0.2) is 65.8 Å². The van der Waals surface area contributed by atoms with Crippen molar-refractivity contribution in [2.45, 2.75) is 26.8 Å². The van der Waals surface area contributed by atoms with Crippen molar-refractivity contribution < 1.29 is 9.90 Å². The lowest BCUT2D eigenvalue weighted by atomic mass is 10.2. The van der Waals surface area contributed by atoms with Gasteiger partial charge in [0.25, 0.3) is 5.56 Å². The number of thiazole rings is 1. The standard InChI is InChI=1S/C20H21N7O3S/c1-11-6-15(23-27-8-12(2)21-18(11)27)14-7-16(28)26-10-17(31-19(26)22-14)24-4-5-25(20(29)30)13(3)9-24/h6-8,10,13H,4-5,9H2,1-3H3,(H,29,30)/t13-/m0/s1. The molecule has 0 saturated carbocycles. The molecule has 10 nitrogen and oxygen atoms in total. The number of aromatic nitrogens is 5. The van der Waals surface area contributed by atoms with E-state index in [0.29, 0.717) is 36.0 Å². The Labute approximate surface area is 181 Å². The van der Waals surface area contributed by atoms with Crippen molar-refractivity contribution in [2.24, 2.45) is 0 Å². The monoisotopic (exact) mass is 439 g/mol. The molecule has 0 bridgehead atoms. The summed E-state index contributed by atoms with van der Waals surface area (Å²) in [6, 6.07) is 3.25. The summed E-state index contributed by atoms with van der Waals surface area (Å²) in [5.41, 5.74) is 3.56. The second-order valence-electron chi connectivity index (χ2n) is 7.84. The minimum atomic E-state index is -0.904. The molecule has 31 heavy (non-hydrogen) atoms. The highest BCUT2D eigenvalue weighted by Gasteiger charge is 2.28. The molecule has 1 saturated heterocycles. The van der Waals surface area contributed by atoms with Crippen LogP contribution in [0.3, 0.4) is 0 Å². The third-order valence-corrected chi connectivity index (χ3v) is 6.58. The highest BCUT2D eigenvalue weighted by molar-refractivity contribution is 7.20. The van der Waals surface area contributed by atoms with Crippen LogP contribution in [0.5, 0.6) is 0 Å². The van der Waals surface area contributed by atoms with E-state index in [9.17, 15) is 14.7 Å². The summed E-state index contributed by atoms with van der Waals surface area (Å²) in [5.74, 6) is 0. The van der Waals surface area contributed by atoms with Gasteiger partial charge in [0.15, 0.2) is 10.6 Å². The molecule has 5 heterocycles. The molecular formula is C20H21N7O3S. The predicted molar refractivity (Wildman–Crippen MR) is 117 cm³/mol. The minimum Gasteiger partial charge on any atom is -0.465 e. The van der Waals surface area contributed by atoms with Gasteiger partial charge < -0.3 is 14.9 Å². The number of carboxylic acid groups (broad SMARTS) is 1. The van der Waals surface area contributed by atoms with Crippen molar-refractivity contribution in [1.82, 2.24) is 28.9 Å². The number of rotatable bonds is 2. The summed E-state index contributed by atoms with van der Waals surface area (Å²) in [6.07, 6.45) is 2.72. The van der Waals surface area contributed by atoms with Crippen molar-refractivity contribution in [2.75, 3.05) is 24.5 Å². The molecule has 0 unspecified atom stereocenters.